The zero-order valence-corrected chi connectivity index (χ0v) is 20.6. The molecule has 0 aliphatic carbocycles. The standard InChI is InChI=1S/C29H29NO5/c1-18(14-27(31)30-16-21-8-6-7-9-26(21)33-4)23-15-24-25(20-10-12-22(32-3)13-11-20)17-35-29(24)19(2)28(23)34-5/h6-15,17H,16H2,1-5H3,(H,30,31)/b18-14+. The second kappa shape index (κ2) is 10.4. The molecule has 0 bridgehead atoms. The van der Waals surface area contributed by atoms with Crippen molar-refractivity contribution in [3.05, 3.63) is 83.6 Å². The van der Waals surface area contributed by atoms with Gasteiger partial charge in [-0.25, -0.2) is 0 Å². The number of para-hydroxylation sites is 1. The Kier molecular flexibility index (Phi) is 7.11. The van der Waals surface area contributed by atoms with Crippen molar-refractivity contribution >= 4 is 22.4 Å². The number of rotatable bonds is 8. The molecule has 0 saturated carbocycles. The number of aryl methyl sites for hydroxylation is 1. The van der Waals surface area contributed by atoms with Gasteiger partial charge in [0.1, 0.15) is 22.8 Å². The lowest BCUT2D eigenvalue weighted by Crippen LogP contribution is -2.21. The highest BCUT2D eigenvalue weighted by Crippen LogP contribution is 2.40. The number of carbonyl (C=O) groups is 1. The van der Waals surface area contributed by atoms with Gasteiger partial charge >= 0.3 is 0 Å². The van der Waals surface area contributed by atoms with Crippen LogP contribution in [0.2, 0.25) is 0 Å². The number of nitrogens with one attached hydrogen (secondary N) is 1. The Morgan fingerprint density at radius 1 is 1.00 bits per heavy atom. The second-order valence-electron chi connectivity index (χ2n) is 8.19. The minimum absolute atomic E-state index is 0.198. The van der Waals surface area contributed by atoms with Crippen LogP contribution in [0.5, 0.6) is 17.2 Å². The molecule has 1 heterocycles. The lowest BCUT2D eigenvalue weighted by molar-refractivity contribution is -0.116. The summed E-state index contributed by atoms with van der Waals surface area (Å²) in [6, 6.07) is 17.5. The lowest BCUT2D eigenvalue weighted by Gasteiger charge is -2.14. The molecule has 1 amide bonds. The van der Waals surface area contributed by atoms with Crippen molar-refractivity contribution < 1.29 is 23.4 Å². The summed E-state index contributed by atoms with van der Waals surface area (Å²) < 4.78 is 22.3. The van der Waals surface area contributed by atoms with Gasteiger partial charge in [-0.3, -0.25) is 4.79 Å². The van der Waals surface area contributed by atoms with Gasteiger partial charge in [0, 0.05) is 40.3 Å². The van der Waals surface area contributed by atoms with Crippen LogP contribution in [0.15, 0.2) is 71.4 Å². The van der Waals surface area contributed by atoms with Crippen molar-refractivity contribution in [2.24, 2.45) is 0 Å². The predicted molar refractivity (Wildman–Crippen MR) is 138 cm³/mol. The summed E-state index contributed by atoms with van der Waals surface area (Å²) in [5, 5.41) is 3.89. The molecular formula is C29H29NO5. The normalized spacial score (nSPS) is 11.4. The first kappa shape index (κ1) is 24.0. The molecule has 0 aliphatic heterocycles. The maximum atomic E-state index is 12.7. The molecule has 180 valence electrons. The van der Waals surface area contributed by atoms with E-state index in [1.54, 1.807) is 33.7 Å². The van der Waals surface area contributed by atoms with E-state index in [2.05, 4.69) is 5.32 Å². The van der Waals surface area contributed by atoms with E-state index in [4.69, 9.17) is 18.6 Å². The first-order valence-electron chi connectivity index (χ1n) is 11.3. The van der Waals surface area contributed by atoms with E-state index in [9.17, 15) is 4.79 Å². The van der Waals surface area contributed by atoms with E-state index < -0.39 is 0 Å². The van der Waals surface area contributed by atoms with Crippen molar-refractivity contribution in [2.45, 2.75) is 20.4 Å². The third-order valence-electron chi connectivity index (χ3n) is 6.07. The van der Waals surface area contributed by atoms with Gasteiger partial charge in [-0.05, 0) is 49.2 Å². The number of amides is 1. The summed E-state index contributed by atoms with van der Waals surface area (Å²) in [6.07, 6.45) is 3.34. The fraction of sp³-hybridized carbons (Fsp3) is 0.207. The Labute approximate surface area is 205 Å². The lowest BCUT2D eigenvalue weighted by atomic mass is 9.96. The quantitative estimate of drug-likeness (QED) is 0.312. The van der Waals surface area contributed by atoms with Gasteiger partial charge in [-0.2, -0.15) is 0 Å². The van der Waals surface area contributed by atoms with E-state index >= 15 is 0 Å². The van der Waals surface area contributed by atoms with Gasteiger partial charge in [0.25, 0.3) is 0 Å². The zero-order chi connectivity index (χ0) is 24.9. The number of fused-ring (bicyclic) bond motifs is 1. The molecule has 35 heavy (non-hydrogen) atoms. The van der Waals surface area contributed by atoms with Crippen LogP contribution in [0.3, 0.4) is 0 Å². The highest BCUT2D eigenvalue weighted by atomic mass is 16.5. The average Bonchev–Trinajstić information content (AvgIpc) is 3.32. The topological polar surface area (TPSA) is 69.9 Å². The molecule has 0 fully saturated rings. The molecule has 0 radical (unpaired) electrons. The molecule has 6 nitrogen and oxygen atoms in total. The Bertz CT molecular complexity index is 1380. The Morgan fingerprint density at radius 2 is 1.74 bits per heavy atom. The number of methoxy groups -OCH3 is 3. The predicted octanol–water partition coefficient (Wildman–Crippen LogP) is 6.15. The number of allylic oxidation sites excluding steroid dienone is 1. The molecule has 3 aromatic carbocycles. The van der Waals surface area contributed by atoms with Crippen molar-refractivity contribution in [3.63, 3.8) is 0 Å². The van der Waals surface area contributed by atoms with E-state index in [0.717, 1.165) is 55.9 Å². The largest absolute Gasteiger partial charge is 0.497 e. The maximum Gasteiger partial charge on any atom is 0.244 e. The number of carbonyl (C=O) groups excluding carboxylic acids is 1. The minimum Gasteiger partial charge on any atom is -0.497 e. The molecule has 6 heteroatoms. The van der Waals surface area contributed by atoms with Crippen molar-refractivity contribution in [1.82, 2.24) is 5.32 Å². The van der Waals surface area contributed by atoms with E-state index in [0.29, 0.717) is 12.3 Å². The van der Waals surface area contributed by atoms with Crippen molar-refractivity contribution in [1.29, 1.82) is 0 Å². The van der Waals surface area contributed by atoms with Crippen LogP contribution in [0.25, 0.3) is 27.7 Å². The van der Waals surface area contributed by atoms with Gasteiger partial charge in [-0.1, -0.05) is 30.3 Å². The third kappa shape index (κ3) is 4.87. The fourth-order valence-corrected chi connectivity index (χ4v) is 4.22. The molecular weight excluding hydrogens is 442 g/mol. The molecule has 4 rings (SSSR count). The second-order valence-corrected chi connectivity index (χ2v) is 8.19. The zero-order valence-electron chi connectivity index (χ0n) is 20.6. The number of benzene rings is 3. The van der Waals surface area contributed by atoms with Crippen molar-refractivity contribution in [2.75, 3.05) is 21.3 Å². The Balaban J connectivity index is 1.67. The highest BCUT2D eigenvalue weighted by Gasteiger charge is 2.19. The van der Waals surface area contributed by atoms with Gasteiger partial charge in [-0.15, -0.1) is 0 Å². The molecule has 4 aromatic rings. The molecule has 1 N–H and O–H groups in total. The number of hydrogen-bond acceptors (Lipinski definition) is 5. The fourth-order valence-electron chi connectivity index (χ4n) is 4.22. The smallest absolute Gasteiger partial charge is 0.244 e. The van der Waals surface area contributed by atoms with Crippen LogP contribution >= 0.6 is 0 Å². The molecule has 0 atom stereocenters. The number of ether oxygens (including phenoxy) is 3. The minimum atomic E-state index is -0.198. The molecule has 0 saturated heterocycles. The van der Waals surface area contributed by atoms with E-state index in [-0.39, 0.29) is 5.91 Å². The average molecular weight is 472 g/mol. The Hall–Kier alpha value is -4.19. The SMILES string of the molecule is COc1ccc(-c2coc3c(C)c(OC)c(/C(C)=C/C(=O)NCc4ccccc4OC)cc23)cc1. The monoisotopic (exact) mass is 471 g/mol. The van der Waals surface area contributed by atoms with E-state index in [1.807, 2.05) is 68.4 Å². The highest BCUT2D eigenvalue weighted by molar-refractivity contribution is 6.01. The first-order chi connectivity index (χ1) is 17.0. The first-order valence-corrected chi connectivity index (χ1v) is 11.3. The summed E-state index contributed by atoms with van der Waals surface area (Å²) in [4.78, 5) is 12.7. The number of furan rings is 1. The van der Waals surface area contributed by atoms with E-state index in [1.165, 1.54) is 0 Å². The van der Waals surface area contributed by atoms with Crippen LogP contribution in [-0.2, 0) is 11.3 Å². The number of hydrogen-bond donors (Lipinski definition) is 1. The maximum absolute atomic E-state index is 12.7. The van der Waals surface area contributed by atoms with Crippen LogP contribution in [0, 0.1) is 6.92 Å². The summed E-state index contributed by atoms with van der Waals surface area (Å²) in [7, 11) is 4.89. The van der Waals surface area contributed by atoms with Gasteiger partial charge in [0.15, 0.2) is 0 Å². The van der Waals surface area contributed by atoms with Crippen LogP contribution in [0.4, 0.5) is 0 Å². The molecule has 0 unspecified atom stereocenters. The van der Waals surface area contributed by atoms with Crippen LogP contribution in [0.1, 0.15) is 23.6 Å². The summed E-state index contributed by atoms with van der Waals surface area (Å²) in [5.74, 6) is 2.01. The van der Waals surface area contributed by atoms with Gasteiger partial charge in [0.2, 0.25) is 5.91 Å². The van der Waals surface area contributed by atoms with Crippen LogP contribution < -0.4 is 19.5 Å². The molecule has 0 aliphatic rings. The summed E-state index contributed by atoms with van der Waals surface area (Å²) in [5.41, 5.74) is 6.13. The Morgan fingerprint density at radius 3 is 2.43 bits per heavy atom. The van der Waals surface area contributed by atoms with Gasteiger partial charge in [0.05, 0.1) is 27.6 Å². The third-order valence-corrected chi connectivity index (χ3v) is 6.07. The van der Waals surface area contributed by atoms with Crippen molar-refractivity contribution in [3.8, 4) is 28.4 Å². The van der Waals surface area contributed by atoms with Crippen LogP contribution in [-0.4, -0.2) is 27.2 Å². The van der Waals surface area contributed by atoms with Gasteiger partial charge < -0.3 is 23.9 Å². The molecule has 1 aromatic heterocycles. The summed E-state index contributed by atoms with van der Waals surface area (Å²) in [6.45, 7) is 4.23. The molecule has 0 spiro atoms. The summed E-state index contributed by atoms with van der Waals surface area (Å²) >= 11 is 0.